The van der Waals surface area contributed by atoms with Crippen molar-refractivity contribution in [1.29, 1.82) is 0 Å². The zero-order chi connectivity index (χ0) is 15.1. The highest BCUT2D eigenvalue weighted by Gasteiger charge is 2.17. The minimum atomic E-state index is -0.0257. The molecule has 2 rings (SSSR count). The van der Waals surface area contributed by atoms with Crippen LogP contribution in [-0.2, 0) is 0 Å². The Morgan fingerprint density at radius 1 is 1.33 bits per heavy atom. The van der Waals surface area contributed by atoms with Crippen LogP contribution < -0.4 is 15.8 Å². The summed E-state index contributed by atoms with van der Waals surface area (Å²) in [7, 11) is 0. The number of hydrogen-bond acceptors (Lipinski definition) is 3. The van der Waals surface area contributed by atoms with Crippen LogP contribution in [0.15, 0.2) is 18.2 Å². The Morgan fingerprint density at radius 3 is 2.81 bits per heavy atom. The van der Waals surface area contributed by atoms with Crippen molar-refractivity contribution in [2.75, 3.05) is 12.3 Å². The van der Waals surface area contributed by atoms with Crippen molar-refractivity contribution in [1.82, 2.24) is 5.32 Å². The van der Waals surface area contributed by atoms with Gasteiger partial charge in [0.15, 0.2) is 0 Å². The number of nitrogen functional groups attached to an aromatic ring is 1. The maximum absolute atomic E-state index is 12.3. The fraction of sp³-hybridized carbons (Fsp3) is 0.588. The van der Waals surface area contributed by atoms with Gasteiger partial charge in [-0.2, -0.15) is 0 Å². The van der Waals surface area contributed by atoms with E-state index in [1.807, 2.05) is 0 Å². The SMILES string of the molecule is CCCCOc1cc(C(=O)NC2CCCCC2)ccc1N. The molecule has 1 saturated carbocycles. The zero-order valence-electron chi connectivity index (χ0n) is 12.9. The Labute approximate surface area is 127 Å². The van der Waals surface area contributed by atoms with E-state index in [-0.39, 0.29) is 5.91 Å². The summed E-state index contributed by atoms with van der Waals surface area (Å²) < 4.78 is 5.65. The molecule has 0 aliphatic heterocycles. The van der Waals surface area contributed by atoms with Gasteiger partial charge in [-0.1, -0.05) is 32.6 Å². The number of rotatable bonds is 6. The van der Waals surface area contributed by atoms with Crippen LogP contribution in [0.2, 0.25) is 0 Å². The highest BCUT2D eigenvalue weighted by Crippen LogP contribution is 2.24. The lowest BCUT2D eigenvalue weighted by Crippen LogP contribution is -2.36. The molecule has 1 aliphatic rings. The summed E-state index contributed by atoms with van der Waals surface area (Å²) in [6, 6.07) is 5.58. The molecule has 4 nitrogen and oxygen atoms in total. The number of nitrogens with one attached hydrogen (secondary N) is 1. The Bertz CT molecular complexity index is 468. The van der Waals surface area contributed by atoms with Crippen molar-refractivity contribution in [3.63, 3.8) is 0 Å². The van der Waals surface area contributed by atoms with Gasteiger partial charge in [0, 0.05) is 11.6 Å². The molecule has 1 aliphatic carbocycles. The van der Waals surface area contributed by atoms with E-state index in [1.165, 1.54) is 19.3 Å². The second-order valence-corrected chi connectivity index (χ2v) is 5.76. The molecular formula is C17H26N2O2. The fourth-order valence-electron chi connectivity index (χ4n) is 2.64. The van der Waals surface area contributed by atoms with E-state index in [0.717, 1.165) is 25.7 Å². The summed E-state index contributed by atoms with van der Waals surface area (Å²) in [6.45, 7) is 2.75. The lowest BCUT2D eigenvalue weighted by atomic mass is 9.95. The second kappa shape index (κ2) is 7.91. The van der Waals surface area contributed by atoms with E-state index < -0.39 is 0 Å². The Kier molecular flexibility index (Phi) is 5.90. The monoisotopic (exact) mass is 290 g/mol. The Hall–Kier alpha value is -1.71. The molecule has 0 atom stereocenters. The molecule has 0 spiro atoms. The summed E-state index contributed by atoms with van der Waals surface area (Å²) in [5, 5.41) is 3.11. The van der Waals surface area contributed by atoms with Crippen molar-refractivity contribution >= 4 is 11.6 Å². The van der Waals surface area contributed by atoms with E-state index in [0.29, 0.717) is 29.6 Å². The third-order valence-electron chi connectivity index (χ3n) is 3.97. The molecular weight excluding hydrogens is 264 g/mol. The molecule has 0 radical (unpaired) electrons. The van der Waals surface area contributed by atoms with Crippen LogP contribution in [0.1, 0.15) is 62.2 Å². The van der Waals surface area contributed by atoms with Crippen LogP contribution in [0.4, 0.5) is 5.69 Å². The number of hydrogen-bond donors (Lipinski definition) is 2. The maximum Gasteiger partial charge on any atom is 0.251 e. The van der Waals surface area contributed by atoms with Crippen LogP contribution in [0.5, 0.6) is 5.75 Å². The van der Waals surface area contributed by atoms with Gasteiger partial charge < -0.3 is 15.8 Å². The van der Waals surface area contributed by atoms with Crippen molar-refractivity contribution in [3.05, 3.63) is 23.8 Å². The average Bonchev–Trinajstić information content (AvgIpc) is 2.50. The lowest BCUT2D eigenvalue weighted by molar-refractivity contribution is 0.0927. The molecule has 1 fully saturated rings. The predicted octanol–water partition coefficient (Wildman–Crippen LogP) is 3.51. The molecule has 0 heterocycles. The molecule has 0 unspecified atom stereocenters. The largest absolute Gasteiger partial charge is 0.491 e. The first-order valence-corrected chi connectivity index (χ1v) is 8.04. The van der Waals surface area contributed by atoms with Crippen LogP contribution in [-0.4, -0.2) is 18.6 Å². The molecule has 0 saturated heterocycles. The van der Waals surface area contributed by atoms with Crippen LogP contribution in [0.25, 0.3) is 0 Å². The molecule has 0 aromatic heterocycles. The quantitative estimate of drug-likeness (QED) is 0.622. The van der Waals surface area contributed by atoms with E-state index >= 15 is 0 Å². The third-order valence-corrected chi connectivity index (χ3v) is 3.97. The van der Waals surface area contributed by atoms with E-state index in [4.69, 9.17) is 10.5 Å². The normalized spacial score (nSPS) is 15.7. The van der Waals surface area contributed by atoms with Gasteiger partial charge in [0.1, 0.15) is 5.75 Å². The highest BCUT2D eigenvalue weighted by atomic mass is 16.5. The number of ether oxygens (including phenoxy) is 1. The first-order chi connectivity index (χ1) is 10.2. The summed E-state index contributed by atoms with van der Waals surface area (Å²) >= 11 is 0. The third kappa shape index (κ3) is 4.66. The molecule has 3 N–H and O–H groups in total. The molecule has 1 amide bonds. The summed E-state index contributed by atoms with van der Waals surface area (Å²) in [6.07, 6.45) is 7.92. The molecule has 1 aromatic rings. The summed E-state index contributed by atoms with van der Waals surface area (Å²) in [4.78, 5) is 12.3. The fourth-order valence-corrected chi connectivity index (χ4v) is 2.64. The second-order valence-electron chi connectivity index (χ2n) is 5.76. The average molecular weight is 290 g/mol. The van der Waals surface area contributed by atoms with Crippen molar-refractivity contribution < 1.29 is 9.53 Å². The van der Waals surface area contributed by atoms with Gasteiger partial charge in [-0.05, 0) is 37.5 Å². The number of nitrogens with two attached hydrogens (primary N) is 1. The predicted molar refractivity (Wildman–Crippen MR) is 85.6 cm³/mol. The number of anilines is 1. The van der Waals surface area contributed by atoms with Crippen LogP contribution in [0.3, 0.4) is 0 Å². The van der Waals surface area contributed by atoms with Gasteiger partial charge in [0.05, 0.1) is 12.3 Å². The summed E-state index contributed by atoms with van der Waals surface area (Å²) in [5.74, 6) is 0.585. The highest BCUT2D eigenvalue weighted by molar-refractivity contribution is 5.95. The minimum Gasteiger partial charge on any atom is -0.491 e. The van der Waals surface area contributed by atoms with Crippen molar-refractivity contribution in [2.24, 2.45) is 0 Å². The van der Waals surface area contributed by atoms with Crippen LogP contribution in [0, 0.1) is 0 Å². The number of amides is 1. The molecule has 21 heavy (non-hydrogen) atoms. The Balaban J connectivity index is 1.97. The first kappa shape index (κ1) is 15.7. The van der Waals surface area contributed by atoms with Gasteiger partial charge in [0.25, 0.3) is 5.91 Å². The van der Waals surface area contributed by atoms with Crippen molar-refractivity contribution in [2.45, 2.75) is 57.9 Å². The number of carbonyl (C=O) groups excluding carboxylic acids is 1. The number of benzene rings is 1. The van der Waals surface area contributed by atoms with Gasteiger partial charge in [-0.25, -0.2) is 0 Å². The zero-order valence-corrected chi connectivity index (χ0v) is 12.9. The van der Waals surface area contributed by atoms with E-state index in [1.54, 1.807) is 18.2 Å². The lowest BCUT2D eigenvalue weighted by Gasteiger charge is -2.23. The molecule has 116 valence electrons. The summed E-state index contributed by atoms with van der Waals surface area (Å²) in [5.41, 5.74) is 7.11. The maximum atomic E-state index is 12.3. The van der Waals surface area contributed by atoms with E-state index in [2.05, 4.69) is 12.2 Å². The van der Waals surface area contributed by atoms with Gasteiger partial charge in [0.2, 0.25) is 0 Å². The molecule has 4 heteroatoms. The molecule has 0 bridgehead atoms. The number of carbonyl (C=O) groups is 1. The van der Waals surface area contributed by atoms with Crippen LogP contribution >= 0.6 is 0 Å². The van der Waals surface area contributed by atoms with Gasteiger partial charge in [-0.15, -0.1) is 0 Å². The minimum absolute atomic E-state index is 0.0257. The first-order valence-electron chi connectivity index (χ1n) is 8.04. The van der Waals surface area contributed by atoms with Gasteiger partial charge >= 0.3 is 0 Å². The smallest absolute Gasteiger partial charge is 0.251 e. The number of unbranched alkanes of at least 4 members (excludes halogenated alkanes) is 1. The van der Waals surface area contributed by atoms with E-state index in [9.17, 15) is 4.79 Å². The topological polar surface area (TPSA) is 64.3 Å². The standard InChI is InChI=1S/C17H26N2O2/c1-2-3-11-21-16-12-13(9-10-15(16)18)17(20)19-14-7-5-4-6-8-14/h9-10,12,14H,2-8,11,18H2,1H3,(H,19,20). The van der Waals surface area contributed by atoms with Crippen molar-refractivity contribution in [3.8, 4) is 5.75 Å². The Morgan fingerprint density at radius 2 is 2.10 bits per heavy atom. The molecule has 1 aromatic carbocycles. The van der Waals surface area contributed by atoms with Gasteiger partial charge in [-0.3, -0.25) is 4.79 Å².